The van der Waals surface area contributed by atoms with Crippen LogP contribution in [-0.2, 0) is 4.79 Å². The van der Waals surface area contributed by atoms with Gasteiger partial charge in [0.05, 0.1) is 12.8 Å². The SMILES string of the molecule is COc1ccccc1-c1cc(NC=O)c2nccn2c1. The Balaban J connectivity index is 2.23. The van der Waals surface area contributed by atoms with Crippen molar-refractivity contribution in [3.8, 4) is 16.9 Å². The Morgan fingerprint density at radius 2 is 2.20 bits per heavy atom. The summed E-state index contributed by atoms with van der Waals surface area (Å²) in [7, 11) is 1.64. The van der Waals surface area contributed by atoms with E-state index in [1.807, 2.05) is 47.1 Å². The number of hydrogen-bond donors (Lipinski definition) is 1. The van der Waals surface area contributed by atoms with Crippen molar-refractivity contribution in [2.45, 2.75) is 0 Å². The largest absolute Gasteiger partial charge is 0.496 e. The van der Waals surface area contributed by atoms with Gasteiger partial charge in [-0.2, -0.15) is 0 Å². The molecule has 0 fully saturated rings. The van der Waals surface area contributed by atoms with E-state index in [-0.39, 0.29) is 0 Å². The number of aromatic nitrogens is 2. The predicted molar refractivity (Wildman–Crippen MR) is 76.9 cm³/mol. The lowest BCUT2D eigenvalue weighted by Crippen LogP contribution is -1.99. The van der Waals surface area contributed by atoms with E-state index in [1.165, 1.54) is 0 Å². The number of fused-ring (bicyclic) bond motifs is 1. The van der Waals surface area contributed by atoms with Crippen LogP contribution in [0.15, 0.2) is 48.9 Å². The Hall–Kier alpha value is -2.82. The minimum Gasteiger partial charge on any atom is -0.496 e. The smallest absolute Gasteiger partial charge is 0.211 e. The van der Waals surface area contributed by atoms with Crippen LogP contribution in [0.3, 0.4) is 0 Å². The first-order chi connectivity index (χ1) is 9.83. The summed E-state index contributed by atoms with van der Waals surface area (Å²) in [5.74, 6) is 0.781. The summed E-state index contributed by atoms with van der Waals surface area (Å²) in [4.78, 5) is 15.0. The fourth-order valence-electron chi connectivity index (χ4n) is 2.23. The van der Waals surface area contributed by atoms with Crippen molar-refractivity contribution in [2.24, 2.45) is 0 Å². The summed E-state index contributed by atoms with van der Waals surface area (Å²) >= 11 is 0. The first-order valence-electron chi connectivity index (χ1n) is 6.14. The van der Waals surface area contributed by atoms with Gasteiger partial charge in [0.25, 0.3) is 0 Å². The highest BCUT2D eigenvalue weighted by Crippen LogP contribution is 2.32. The summed E-state index contributed by atoms with van der Waals surface area (Å²) in [6.07, 6.45) is 6.13. The molecule has 0 aliphatic heterocycles. The van der Waals surface area contributed by atoms with Crippen molar-refractivity contribution in [3.63, 3.8) is 0 Å². The average molecular weight is 267 g/mol. The number of amides is 1. The number of imidazole rings is 1. The highest BCUT2D eigenvalue weighted by atomic mass is 16.5. The van der Waals surface area contributed by atoms with Gasteiger partial charge in [-0.3, -0.25) is 4.79 Å². The number of nitrogens with one attached hydrogen (secondary N) is 1. The molecule has 20 heavy (non-hydrogen) atoms. The Labute approximate surface area is 115 Å². The van der Waals surface area contributed by atoms with E-state index < -0.39 is 0 Å². The fraction of sp³-hybridized carbons (Fsp3) is 0.0667. The van der Waals surface area contributed by atoms with E-state index in [4.69, 9.17) is 4.74 Å². The molecule has 0 unspecified atom stereocenters. The van der Waals surface area contributed by atoms with Gasteiger partial charge in [0.2, 0.25) is 6.41 Å². The molecule has 3 rings (SSSR count). The van der Waals surface area contributed by atoms with E-state index in [0.29, 0.717) is 17.7 Å². The number of para-hydroxylation sites is 1. The van der Waals surface area contributed by atoms with E-state index in [2.05, 4.69) is 10.3 Å². The zero-order valence-electron chi connectivity index (χ0n) is 10.9. The molecule has 0 aliphatic carbocycles. The van der Waals surface area contributed by atoms with Crippen LogP contribution in [0.2, 0.25) is 0 Å². The van der Waals surface area contributed by atoms with E-state index in [0.717, 1.165) is 16.9 Å². The quantitative estimate of drug-likeness (QED) is 0.739. The van der Waals surface area contributed by atoms with Crippen LogP contribution in [0, 0.1) is 0 Å². The lowest BCUT2D eigenvalue weighted by molar-refractivity contribution is -0.105. The van der Waals surface area contributed by atoms with Crippen LogP contribution >= 0.6 is 0 Å². The Kier molecular flexibility index (Phi) is 3.09. The number of hydrogen-bond acceptors (Lipinski definition) is 3. The molecule has 0 atom stereocenters. The third kappa shape index (κ3) is 1.99. The van der Waals surface area contributed by atoms with Gasteiger partial charge >= 0.3 is 0 Å². The van der Waals surface area contributed by atoms with Crippen molar-refractivity contribution in [1.29, 1.82) is 0 Å². The number of nitrogens with zero attached hydrogens (tertiary/aromatic N) is 2. The Bertz CT molecular complexity index is 765. The molecule has 5 heteroatoms. The number of carbonyl (C=O) groups excluding carboxylic acids is 1. The molecule has 1 aromatic carbocycles. The maximum absolute atomic E-state index is 10.7. The standard InChI is InChI=1S/C15H13N3O2/c1-20-14-5-3-2-4-12(14)11-8-13(17-10-19)15-16-6-7-18(15)9-11/h2-10H,1H3,(H,17,19). The van der Waals surface area contributed by atoms with Gasteiger partial charge in [-0.1, -0.05) is 18.2 Å². The average Bonchev–Trinajstić information content (AvgIpc) is 2.96. The summed E-state index contributed by atoms with van der Waals surface area (Å²) in [6.45, 7) is 0. The number of benzene rings is 1. The van der Waals surface area contributed by atoms with Crippen molar-refractivity contribution >= 4 is 17.7 Å². The molecule has 5 nitrogen and oxygen atoms in total. The molecule has 1 amide bonds. The molecule has 0 bridgehead atoms. The summed E-state index contributed by atoms with van der Waals surface area (Å²) in [5.41, 5.74) is 3.26. The number of rotatable bonds is 4. The van der Waals surface area contributed by atoms with Gasteiger partial charge < -0.3 is 14.5 Å². The van der Waals surface area contributed by atoms with Gasteiger partial charge in [0.15, 0.2) is 5.65 Å². The van der Waals surface area contributed by atoms with Gasteiger partial charge in [-0.05, 0) is 12.1 Å². The van der Waals surface area contributed by atoms with E-state index in [9.17, 15) is 4.79 Å². The molecule has 1 N–H and O–H groups in total. The highest BCUT2D eigenvalue weighted by Gasteiger charge is 2.10. The molecule has 0 aliphatic rings. The number of ether oxygens (including phenoxy) is 1. The minimum absolute atomic E-state index is 0.649. The van der Waals surface area contributed by atoms with Crippen molar-refractivity contribution in [3.05, 3.63) is 48.9 Å². The van der Waals surface area contributed by atoms with Crippen LogP contribution in [0.5, 0.6) is 5.75 Å². The zero-order valence-corrected chi connectivity index (χ0v) is 10.9. The van der Waals surface area contributed by atoms with Crippen molar-refractivity contribution in [2.75, 3.05) is 12.4 Å². The normalized spacial score (nSPS) is 10.4. The maximum Gasteiger partial charge on any atom is 0.211 e. The molecule has 100 valence electrons. The zero-order chi connectivity index (χ0) is 13.9. The second-order valence-corrected chi connectivity index (χ2v) is 4.26. The highest BCUT2D eigenvalue weighted by molar-refractivity contribution is 5.85. The number of carbonyl (C=O) groups is 1. The predicted octanol–water partition coefficient (Wildman–Crippen LogP) is 2.58. The molecule has 2 aromatic heterocycles. The van der Waals surface area contributed by atoms with Gasteiger partial charge in [-0.15, -0.1) is 0 Å². The first-order valence-corrected chi connectivity index (χ1v) is 6.14. The molecule has 0 saturated heterocycles. The van der Waals surface area contributed by atoms with Crippen molar-refractivity contribution in [1.82, 2.24) is 9.38 Å². The monoisotopic (exact) mass is 267 g/mol. The summed E-state index contributed by atoms with van der Waals surface area (Å²) in [6, 6.07) is 9.63. The maximum atomic E-state index is 10.7. The lowest BCUT2D eigenvalue weighted by atomic mass is 10.1. The van der Waals surface area contributed by atoms with Gasteiger partial charge in [-0.25, -0.2) is 4.98 Å². The number of methoxy groups -OCH3 is 1. The topological polar surface area (TPSA) is 55.6 Å². The summed E-state index contributed by atoms with van der Waals surface area (Å²) < 4.78 is 7.25. The minimum atomic E-state index is 0.649. The molecular formula is C15H13N3O2. The molecular weight excluding hydrogens is 254 g/mol. The molecule has 2 heterocycles. The number of anilines is 1. The fourth-order valence-corrected chi connectivity index (χ4v) is 2.23. The second kappa shape index (κ2) is 5.05. The third-order valence-electron chi connectivity index (χ3n) is 3.12. The van der Waals surface area contributed by atoms with Crippen LogP contribution in [0.25, 0.3) is 16.8 Å². The van der Waals surface area contributed by atoms with Crippen LogP contribution in [0.4, 0.5) is 5.69 Å². The molecule has 0 saturated carbocycles. The molecule has 0 spiro atoms. The van der Waals surface area contributed by atoms with Crippen LogP contribution < -0.4 is 10.1 Å². The van der Waals surface area contributed by atoms with Crippen LogP contribution in [0.1, 0.15) is 0 Å². The van der Waals surface area contributed by atoms with Gasteiger partial charge in [0.1, 0.15) is 5.75 Å². The Morgan fingerprint density at radius 3 is 3.00 bits per heavy atom. The van der Waals surface area contributed by atoms with E-state index >= 15 is 0 Å². The number of pyridine rings is 1. The van der Waals surface area contributed by atoms with Crippen molar-refractivity contribution < 1.29 is 9.53 Å². The van der Waals surface area contributed by atoms with Gasteiger partial charge in [0, 0.05) is 29.7 Å². The second-order valence-electron chi connectivity index (χ2n) is 4.26. The molecule has 3 aromatic rings. The Morgan fingerprint density at radius 1 is 1.35 bits per heavy atom. The van der Waals surface area contributed by atoms with E-state index in [1.54, 1.807) is 13.3 Å². The lowest BCUT2D eigenvalue weighted by Gasteiger charge is -2.11. The third-order valence-corrected chi connectivity index (χ3v) is 3.12. The summed E-state index contributed by atoms with van der Waals surface area (Å²) in [5, 5.41) is 2.68. The van der Waals surface area contributed by atoms with Crippen LogP contribution in [-0.4, -0.2) is 22.9 Å². The molecule has 0 radical (unpaired) electrons. The first kappa shape index (κ1) is 12.2.